The predicted molar refractivity (Wildman–Crippen MR) is 56.1 cm³/mol. The first-order chi connectivity index (χ1) is 6.81. The van der Waals surface area contributed by atoms with E-state index >= 15 is 0 Å². The molecular formula is C13H16O. The molecule has 74 valence electrons. The van der Waals surface area contributed by atoms with E-state index in [0.717, 1.165) is 12.3 Å². The SMILES string of the molecule is O[C@@H]1C[C@@H]2CC[C@@]1(c1ccccc1)C2. The lowest BCUT2D eigenvalue weighted by Crippen LogP contribution is -2.34. The lowest BCUT2D eigenvalue weighted by atomic mass is 9.76. The molecule has 1 N–H and O–H groups in total. The van der Waals surface area contributed by atoms with E-state index in [1.54, 1.807) is 0 Å². The lowest BCUT2D eigenvalue weighted by Gasteiger charge is -2.32. The Kier molecular flexibility index (Phi) is 1.72. The van der Waals surface area contributed by atoms with Crippen molar-refractivity contribution in [3.05, 3.63) is 35.9 Å². The number of fused-ring (bicyclic) bond motifs is 2. The molecule has 0 saturated heterocycles. The standard InChI is InChI=1S/C13H16O/c14-12-8-10-6-7-13(12,9-10)11-4-2-1-3-5-11/h1-5,10,12,14H,6-9H2/t10-,12+,13-/m0/s1. The zero-order chi connectivity index (χ0) is 9.60. The zero-order valence-corrected chi connectivity index (χ0v) is 8.32. The van der Waals surface area contributed by atoms with E-state index in [4.69, 9.17) is 0 Å². The average Bonchev–Trinajstić information content (AvgIpc) is 2.77. The van der Waals surface area contributed by atoms with Gasteiger partial charge in [-0.15, -0.1) is 0 Å². The van der Waals surface area contributed by atoms with Crippen LogP contribution in [0.4, 0.5) is 0 Å². The first-order valence-corrected chi connectivity index (χ1v) is 5.55. The van der Waals surface area contributed by atoms with Crippen LogP contribution in [0.5, 0.6) is 0 Å². The molecule has 2 saturated carbocycles. The Morgan fingerprint density at radius 3 is 2.57 bits per heavy atom. The molecule has 0 heterocycles. The molecule has 2 fully saturated rings. The van der Waals surface area contributed by atoms with Gasteiger partial charge in [0.1, 0.15) is 0 Å². The first kappa shape index (κ1) is 8.49. The van der Waals surface area contributed by atoms with Gasteiger partial charge in [0.15, 0.2) is 0 Å². The van der Waals surface area contributed by atoms with E-state index in [0.29, 0.717) is 0 Å². The second kappa shape index (κ2) is 2.83. The zero-order valence-electron chi connectivity index (χ0n) is 8.32. The molecule has 3 rings (SSSR count). The quantitative estimate of drug-likeness (QED) is 0.718. The minimum Gasteiger partial charge on any atom is -0.392 e. The van der Waals surface area contributed by atoms with Crippen molar-refractivity contribution >= 4 is 0 Å². The Hall–Kier alpha value is -0.820. The summed E-state index contributed by atoms with van der Waals surface area (Å²) in [5.41, 5.74) is 1.47. The second-order valence-electron chi connectivity index (χ2n) is 4.88. The van der Waals surface area contributed by atoms with E-state index in [1.807, 2.05) is 6.07 Å². The molecule has 1 aromatic carbocycles. The topological polar surface area (TPSA) is 20.2 Å². The summed E-state index contributed by atoms with van der Waals surface area (Å²) in [6.45, 7) is 0. The normalized spacial score (nSPS) is 40.4. The van der Waals surface area contributed by atoms with E-state index in [1.165, 1.54) is 24.8 Å². The van der Waals surface area contributed by atoms with Crippen molar-refractivity contribution in [1.82, 2.24) is 0 Å². The van der Waals surface area contributed by atoms with Gasteiger partial charge in [-0.05, 0) is 37.2 Å². The van der Waals surface area contributed by atoms with Crippen molar-refractivity contribution in [2.24, 2.45) is 5.92 Å². The molecule has 1 aromatic rings. The smallest absolute Gasteiger partial charge is 0.0639 e. The highest BCUT2D eigenvalue weighted by Gasteiger charge is 2.52. The molecule has 0 unspecified atom stereocenters. The summed E-state index contributed by atoms with van der Waals surface area (Å²) in [6, 6.07) is 10.6. The van der Waals surface area contributed by atoms with Gasteiger partial charge in [0.25, 0.3) is 0 Å². The van der Waals surface area contributed by atoms with Crippen LogP contribution in [-0.4, -0.2) is 11.2 Å². The lowest BCUT2D eigenvalue weighted by molar-refractivity contribution is 0.0891. The van der Waals surface area contributed by atoms with Gasteiger partial charge in [0.05, 0.1) is 6.10 Å². The Bertz CT molecular complexity index is 332. The first-order valence-electron chi connectivity index (χ1n) is 5.55. The van der Waals surface area contributed by atoms with Crippen LogP contribution in [0.15, 0.2) is 30.3 Å². The minimum atomic E-state index is -0.0938. The van der Waals surface area contributed by atoms with Gasteiger partial charge in [-0.3, -0.25) is 0 Å². The van der Waals surface area contributed by atoms with Gasteiger partial charge in [-0.2, -0.15) is 0 Å². The van der Waals surface area contributed by atoms with Crippen LogP contribution in [0.1, 0.15) is 31.2 Å². The van der Waals surface area contributed by atoms with Crippen molar-refractivity contribution < 1.29 is 5.11 Å². The molecule has 3 atom stereocenters. The number of benzene rings is 1. The Morgan fingerprint density at radius 2 is 2.00 bits per heavy atom. The predicted octanol–water partition coefficient (Wildman–Crippen LogP) is 2.49. The van der Waals surface area contributed by atoms with Crippen molar-refractivity contribution in [3.8, 4) is 0 Å². The Labute approximate surface area is 84.8 Å². The van der Waals surface area contributed by atoms with E-state index < -0.39 is 0 Å². The monoisotopic (exact) mass is 188 g/mol. The van der Waals surface area contributed by atoms with Crippen LogP contribution < -0.4 is 0 Å². The maximum absolute atomic E-state index is 10.1. The molecule has 2 aliphatic carbocycles. The van der Waals surface area contributed by atoms with Gasteiger partial charge in [0.2, 0.25) is 0 Å². The fourth-order valence-electron chi connectivity index (χ4n) is 3.45. The number of rotatable bonds is 1. The molecule has 0 amide bonds. The molecule has 0 spiro atoms. The molecule has 0 aliphatic heterocycles. The van der Waals surface area contributed by atoms with Crippen LogP contribution in [0.2, 0.25) is 0 Å². The summed E-state index contributed by atoms with van der Waals surface area (Å²) in [6.07, 6.45) is 4.63. The van der Waals surface area contributed by atoms with Crippen LogP contribution in [0, 0.1) is 5.92 Å². The van der Waals surface area contributed by atoms with Crippen molar-refractivity contribution in [2.45, 2.75) is 37.2 Å². The summed E-state index contributed by atoms with van der Waals surface area (Å²) in [4.78, 5) is 0. The maximum atomic E-state index is 10.1. The fourth-order valence-corrected chi connectivity index (χ4v) is 3.45. The number of aliphatic hydroxyl groups excluding tert-OH is 1. The highest BCUT2D eigenvalue weighted by atomic mass is 16.3. The van der Waals surface area contributed by atoms with Crippen LogP contribution in [-0.2, 0) is 5.41 Å². The van der Waals surface area contributed by atoms with Gasteiger partial charge in [-0.1, -0.05) is 30.3 Å². The van der Waals surface area contributed by atoms with Crippen molar-refractivity contribution in [1.29, 1.82) is 0 Å². The molecular weight excluding hydrogens is 172 g/mol. The fraction of sp³-hybridized carbons (Fsp3) is 0.538. The highest BCUT2D eigenvalue weighted by molar-refractivity contribution is 5.31. The van der Waals surface area contributed by atoms with E-state index in [-0.39, 0.29) is 11.5 Å². The summed E-state index contributed by atoms with van der Waals surface area (Å²) < 4.78 is 0. The number of hydrogen-bond acceptors (Lipinski definition) is 1. The second-order valence-corrected chi connectivity index (χ2v) is 4.88. The average molecular weight is 188 g/mol. The van der Waals surface area contributed by atoms with Crippen LogP contribution in [0.3, 0.4) is 0 Å². The molecule has 2 bridgehead atoms. The Morgan fingerprint density at radius 1 is 1.21 bits per heavy atom. The maximum Gasteiger partial charge on any atom is 0.0639 e. The third-order valence-electron chi connectivity index (χ3n) is 4.19. The molecule has 0 radical (unpaired) electrons. The highest BCUT2D eigenvalue weighted by Crippen LogP contribution is 2.55. The Balaban J connectivity index is 2.04. The minimum absolute atomic E-state index is 0.0938. The van der Waals surface area contributed by atoms with Crippen LogP contribution in [0.25, 0.3) is 0 Å². The largest absolute Gasteiger partial charge is 0.392 e. The van der Waals surface area contributed by atoms with Gasteiger partial charge < -0.3 is 5.11 Å². The van der Waals surface area contributed by atoms with Crippen molar-refractivity contribution in [3.63, 3.8) is 0 Å². The van der Waals surface area contributed by atoms with Gasteiger partial charge in [0, 0.05) is 5.41 Å². The molecule has 1 heteroatoms. The third kappa shape index (κ3) is 0.992. The molecule has 1 nitrogen and oxygen atoms in total. The van der Waals surface area contributed by atoms with Gasteiger partial charge >= 0.3 is 0 Å². The van der Waals surface area contributed by atoms with E-state index in [9.17, 15) is 5.11 Å². The van der Waals surface area contributed by atoms with E-state index in [2.05, 4.69) is 24.3 Å². The summed E-state index contributed by atoms with van der Waals surface area (Å²) in [5, 5.41) is 10.1. The molecule has 0 aromatic heterocycles. The third-order valence-corrected chi connectivity index (χ3v) is 4.19. The van der Waals surface area contributed by atoms with Gasteiger partial charge in [-0.25, -0.2) is 0 Å². The van der Waals surface area contributed by atoms with Crippen molar-refractivity contribution in [2.75, 3.05) is 0 Å². The summed E-state index contributed by atoms with van der Waals surface area (Å²) >= 11 is 0. The summed E-state index contributed by atoms with van der Waals surface area (Å²) in [7, 11) is 0. The molecule has 2 aliphatic rings. The number of hydrogen-bond donors (Lipinski definition) is 1. The molecule has 14 heavy (non-hydrogen) atoms. The summed E-state index contributed by atoms with van der Waals surface area (Å²) in [5.74, 6) is 0.783. The number of aliphatic hydroxyl groups is 1. The van der Waals surface area contributed by atoms with Crippen LogP contribution >= 0.6 is 0 Å².